The van der Waals surface area contributed by atoms with E-state index in [0.717, 1.165) is 38.7 Å². The lowest BCUT2D eigenvalue weighted by Crippen LogP contribution is -2.44. The Hall–Kier alpha value is -0.810. The molecule has 0 aliphatic rings. The molecule has 2 N–H and O–H groups in total. The topological polar surface area (TPSA) is 48.9 Å². The molecule has 0 saturated carbocycles. The van der Waals surface area contributed by atoms with E-state index in [1.807, 2.05) is 0 Å². The normalized spacial score (nSPS) is 14.0. The number of ether oxygens (including phenoxy) is 1. The summed E-state index contributed by atoms with van der Waals surface area (Å²) in [4.78, 5) is 6.82. The van der Waals surface area contributed by atoms with E-state index < -0.39 is 0 Å². The first-order chi connectivity index (χ1) is 9.01. The van der Waals surface area contributed by atoms with Crippen LogP contribution in [0.2, 0.25) is 0 Å². The van der Waals surface area contributed by atoms with E-state index in [9.17, 15) is 0 Å². The molecular formula is C14H32N4O. The lowest BCUT2D eigenvalue weighted by molar-refractivity contribution is 0.163. The van der Waals surface area contributed by atoms with Gasteiger partial charge >= 0.3 is 0 Å². The van der Waals surface area contributed by atoms with Gasteiger partial charge in [-0.15, -0.1) is 0 Å². The molecule has 5 heteroatoms. The first-order valence-electron chi connectivity index (χ1n) is 7.23. The number of aliphatic imine (C=N–C) groups is 1. The molecule has 19 heavy (non-hydrogen) atoms. The van der Waals surface area contributed by atoms with Crippen molar-refractivity contribution in [2.45, 2.75) is 33.7 Å². The summed E-state index contributed by atoms with van der Waals surface area (Å²) in [6.07, 6.45) is 0. The summed E-state index contributed by atoms with van der Waals surface area (Å²) in [5.74, 6) is 1.50. The molecule has 0 fully saturated rings. The smallest absolute Gasteiger partial charge is 0.191 e. The second kappa shape index (κ2) is 11.1. The van der Waals surface area contributed by atoms with Gasteiger partial charge < -0.3 is 20.3 Å². The summed E-state index contributed by atoms with van der Waals surface area (Å²) >= 11 is 0. The Morgan fingerprint density at radius 2 is 1.95 bits per heavy atom. The second-order valence-corrected chi connectivity index (χ2v) is 5.23. The van der Waals surface area contributed by atoms with Gasteiger partial charge in [0.05, 0.1) is 13.2 Å². The number of guanidine groups is 1. The highest BCUT2D eigenvalue weighted by molar-refractivity contribution is 5.80. The summed E-state index contributed by atoms with van der Waals surface area (Å²) in [6, 6.07) is 0.420. The van der Waals surface area contributed by atoms with Crippen molar-refractivity contribution in [3.8, 4) is 0 Å². The van der Waals surface area contributed by atoms with Gasteiger partial charge in [0.25, 0.3) is 0 Å². The van der Waals surface area contributed by atoms with Crippen molar-refractivity contribution in [3.05, 3.63) is 0 Å². The molecule has 0 spiro atoms. The zero-order valence-electron chi connectivity index (χ0n) is 13.5. The number of rotatable bonds is 9. The minimum atomic E-state index is 0.420. The molecule has 0 aromatic rings. The van der Waals surface area contributed by atoms with Crippen LogP contribution in [0.25, 0.3) is 0 Å². The molecule has 0 amide bonds. The Balaban J connectivity index is 4.11. The monoisotopic (exact) mass is 272 g/mol. The maximum atomic E-state index is 5.06. The van der Waals surface area contributed by atoms with Crippen LogP contribution >= 0.6 is 0 Å². The number of nitrogens with one attached hydrogen (secondary N) is 2. The van der Waals surface area contributed by atoms with Gasteiger partial charge in [0.1, 0.15) is 0 Å². The fourth-order valence-corrected chi connectivity index (χ4v) is 1.39. The van der Waals surface area contributed by atoms with E-state index in [0.29, 0.717) is 12.0 Å². The van der Waals surface area contributed by atoms with Crippen LogP contribution in [0.5, 0.6) is 0 Å². The van der Waals surface area contributed by atoms with Gasteiger partial charge in [-0.2, -0.15) is 0 Å². The number of methoxy groups -OCH3 is 1. The third-order valence-electron chi connectivity index (χ3n) is 3.14. The van der Waals surface area contributed by atoms with E-state index in [2.05, 4.69) is 55.3 Å². The second-order valence-electron chi connectivity index (χ2n) is 5.23. The molecule has 0 aromatic heterocycles. The molecule has 0 heterocycles. The van der Waals surface area contributed by atoms with Crippen molar-refractivity contribution < 1.29 is 4.74 Å². The van der Waals surface area contributed by atoms with Crippen LogP contribution in [0, 0.1) is 5.92 Å². The van der Waals surface area contributed by atoms with Gasteiger partial charge in [-0.05, 0) is 26.8 Å². The average molecular weight is 272 g/mol. The maximum Gasteiger partial charge on any atom is 0.191 e. The molecule has 0 radical (unpaired) electrons. The lowest BCUT2D eigenvalue weighted by atomic mass is 10.1. The number of likely N-dealkylation sites (N-methyl/N-ethyl adjacent to an activating group) is 1. The first-order valence-corrected chi connectivity index (χ1v) is 7.23. The van der Waals surface area contributed by atoms with Crippen molar-refractivity contribution in [2.24, 2.45) is 10.9 Å². The van der Waals surface area contributed by atoms with E-state index in [4.69, 9.17) is 4.74 Å². The molecule has 0 aliphatic carbocycles. The van der Waals surface area contributed by atoms with Crippen LogP contribution < -0.4 is 10.6 Å². The maximum absolute atomic E-state index is 5.06. The highest BCUT2D eigenvalue weighted by Gasteiger charge is 2.08. The Labute approximate surface area is 118 Å². The van der Waals surface area contributed by atoms with Gasteiger partial charge in [0.2, 0.25) is 0 Å². The molecule has 0 rings (SSSR count). The zero-order chi connectivity index (χ0) is 14.7. The molecule has 1 atom stereocenters. The largest absolute Gasteiger partial charge is 0.383 e. The van der Waals surface area contributed by atoms with Crippen molar-refractivity contribution in [1.82, 2.24) is 15.5 Å². The quantitative estimate of drug-likeness (QED) is 0.488. The molecule has 0 saturated heterocycles. The van der Waals surface area contributed by atoms with E-state index >= 15 is 0 Å². The highest BCUT2D eigenvalue weighted by Crippen LogP contribution is 1.99. The minimum Gasteiger partial charge on any atom is -0.383 e. The molecule has 0 aliphatic heterocycles. The van der Waals surface area contributed by atoms with Crippen molar-refractivity contribution in [1.29, 1.82) is 0 Å². The van der Waals surface area contributed by atoms with Crippen molar-refractivity contribution in [3.63, 3.8) is 0 Å². The van der Waals surface area contributed by atoms with E-state index in [1.54, 1.807) is 7.11 Å². The summed E-state index contributed by atoms with van der Waals surface area (Å²) in [5, 5.41) is 6.71. The third kappa shape index (κ3) is 9.73. The van der Waals surface area contributed by atoms with Crippen LogP contribution in [-0.2, 0) is 4.74 Å². The van der Waals surface area contributed by atoms with Gasteiger partial charge in [-0.1, -0.05) is 13.8 Å². The summed E-state index contributed by atoms with van der Waals surface area (Å²) < 4.78 is 5.06. The molecule has 0 bridgehead atoms. The molecular weight excluding hydrogens is 240 g/mol. The van der Waals surface area contributed by atoms with Gasteiger partial charge in [-0.3, -0.25) is 4.99 Å². The van der Waals surface area contributed by atoms with Crippen LogP contribution in [-0.4, -0.2) is 63.8 Å². The summed E-state index contributed by atoms with van der Waals surface area (Å²) in [5.41, 5.74) is 0. The third-order valence-corrected chi connectivity index (χ3v) is 3.14. The van der Waals surface area contributed by atoms with Gasteiger partial charge in [-0.25, -0.2) is 0 Å². The number of hydrogen-bond donors (Lipinski definition) is 2. The van der Waals surface area contributed by atoms with Crippen LogP contribution in [0.3, 0.4) is 0 Å². The Kier molecular flexibility index (Phi) is 10.6. The predicted octanol–water partition coefficient (Wildman–Crippen LogP) is 1.16. The number of nitrogens with zero attached hydrogens (tertiary/aromatic N) is 2. The van der Waals surface area contributed by atoms with E-state index in [-0.39, 0.29) is 0 Å². The standard InChI is InChI=1S/C14H32N4O/c1-7-15-14(17-13(4)12(2)3)16-8-9-18(5)10-11-19-6/h12-13H,7-11H2,1-6H3,(H2,15,16,17). The zero-order valence-corrected chi connectivity index (χ0v) is 13.5. The minimum absolute atomic E-state index is 0.420. The number of hydrogen-bond acceptors (Lipinski definition) is 3. The SMILES string of the molecule is CCNC(=NCCN(C)CCOC)NC(C)C(C)C. The molecule has 0 aromatic carbocycles. The fourth-order valence-electron chi connectivity index (χ4n) is 1.39. The summed E-state index contributed by atoms with van der Waals surface area (Å²) in [7, 11) is 3.82. The molecule has 1 unspecified atom stereocenters. The fraction of sp³-hybridized carbons (Fsp3) is 0.929. The molecule has 5 nitrogen and oxygen atoms in total. The highest BCUT2D eigenvalue weighted by atomic mass is 16.5. The predicted molar refractivity (Wildman–Crippen MR) is 82.8 cm³/mol. The lowest BCUT2D eigenvalue weighted by Gasteiger charge is -2.21. The Bertz CT molecular complexity index is 244. The Morgan fingerprint density at radius 1 is 1.26 bits per heavy atom. The van der Waals surface area contributed by atoms with E-state index in [1.165, 1.54) is 0 Å². The van der Waals surface area contributed by atoms with Gasteiger partial charge in [0.15, 0.2) is 5.96 Å². The average Bonchev–Trinajstić information content (AvgIpc) is 2.36. The Morgan fingerprint density at radius 3 is 2.47 bits per heavy atom. The summed E-state index contributed by atoms with van der Waals surface area (Å²) in [6.45, 7) is 13.0. The first kappa shape index (κ1) is 18.2. The van der Waals surface area contributed by atoms with Gasteiger partial charge in [0, 0.05) is 32.8 Å². The molecule has 114 valence electrons. The van der Waals surface area contributed by atoms with Crippen LogP contribution in [0.1, 0.15) is 27.7 Å². The van der Waals surface area contributed by atoms with Crippen LogP contribution in [0.4, 0.5) is 0 Å². The van der Waals surface area contributed by atoms with Crippen molar-refractivity contribution in [2.75, 3.05) is 46.9 Å². The van der Waals surface area contributed by atoms with Crippen LogP contribution in [0.15, 0.2) is 4.99 Å². The van der Waals surface area contributed by atoms with Crippen molar-refractivity contribution >= 4 is 5.96 Å².